The van der Waals surface area contributed by atoms with Gasteiger partial charge in [0.1, 0.15) is 0 Å². The lowest BCUT2D eigenvalue weighted by Crippen LogP contribution is -2.14. The molecule has 1 aromatic heterocycles. The van der Waals surface area contributed by atoms with Crippen molar-refractivity contribution in [2.75, 3.05) is 11.9 Å². The van der Waals surface area contributed by atoms with Gasteiger partial charge in [0, 0.05) is 30.4 Å². The van der Waals surface area contributed by atoms with E-state index in [0.717, 1.165) is 10.9 Å². The van der Waals surface area contributed by atoms with Crippen molar-refractivity contribution in [2.45, 2.75) is 19.9 Å². The van der Waals surface area contributed by atoms with Gasteiger partial charge >= 0.3 is 5.97 Å². The van der Waals surface area contributed by atoms with Crippen LogP contribution in [-0.4, -0.2) is 23.1 Å². The summed E-state index contributed by atoms with van der Waals surface area (Å²) in [5.41, 5.74) is 2.25. The Kier molecular flexibility index (Phi) is 5.14. The monoisotopic (exact) mass is 336 g/mol. The number of ether oxygens (including phenoxy) is 1. The highest BCUT2D eigenvalue weighted by Crippen LogP contribution is 2.16. The topological polar surface area (TPSA) is 60.3 Å². The van der Waals surface area contributed by atoms with Crippen molar-refractivity contribution in [2.24, 2.45) is 0 Å². The van der Waals surface area contributed by atoms with Gasteiger partial charge in [0.25, 0.3) is 0 Å². The number of nitrogens with one attached hydrogen (secondary N) is 1. The summed E-state index contributed by atoms with van der Waals surface area (Å²) >= 11 is 0. The maximum atomic E-state index is 12.1. The van der Waals surface area contributed by atoms with E-state index in [1.807, 2.05) is 30.5 Å². The van der Waals surface area contributed by atoms with Gasteiger partial charge in [-0.05, 0) is 48.7 Å². The lowest BCUT2D eigenvalue weighted by atomic mass is 10.2. The number of hydrogen-bond donors (Lipinski definition) is 1. The fourth-order valence-electron chi connectivity index (χ4n) is 2.69. The van der Waals surface area contributed by atoms with Crippen LogP contribution < -0.4 is 5.32 Å². The summed E-state index contributed by atoms with van der Waals surface area (Å²) in [6.07, 6.45) is 2.37. The molecule has 0 aliphatic rings. The van der Waals surface area contributed by atoms with Crippen LogP contribution >= 0.6 is 0 Å². The van der Waals surface area contributed by atoms with Crippen LogP contribution in [0.1, 0.15) is 23.7 Å². The number of aromatic nitrogens is 1. The first-order valence-corrected chi connectivity index (χ1v) is 8.28. The Balaban J connectivity index is 1.56. The molecule has 0 fully saturated rings. The Labute approximate surface area is 146 Å². The van der Waals surface area contributed by atoms with Crippen LogP contribution in [-0.2, 0) is 16.1 Å². The maximum absolute atomic E-state index is 12.1. The summed E-state index contributed by atoms with van der Waals surface area (Å²) in [6.45, 7) is 2.71. The fourth-order valence-corrected chi connectivity index (χ4v) is 2.69. The van der Waals surface area contributed by atoms with E-state index in [1.54, 1.807) is 31.2 Å². The molecule has 0 radical (unpaired) electrons. The third-order valence-electron chi connectivity index (χ3n) is 3.94. The maximum Gasteiger partial charge on any atom is 0.338 e. The number of amides is 1. The van der Waals surface area contributed by atoms with E-state index in [4.69, 9.17) is 4.74 Å². The van der Waals surface area contributed by atoms with E-state index in [2.05, 4.69) is 16.0 Å². The number of fused-ring (bicyclic) bond motifs is 1. The van der Waals surface area contributed by atoms with Gasteiger partial charge in [-0.25, -0.2) is 4.79 Å². The zero-order chi connectivity index (χ0) is 17.6. The number of anilines is 1. The van der Waals surface area contributed by atoms with Crippen molar-refractivity contribution in [1.82, 2.24) is 4.57 Å². The number of nitrogens with zero attached hydrogens (tertiary/aromatic N) is 1. The summed E-state index contributed by atoms with van der Waals surface area (Å²) in [5, 5.41) is 4.01. The molecule has 5 nitrogen and oxygen atoms in total. The number of carbonyl (C=O) groups excluding carboxylic acids is 2. The average Bonchev–Trinajstić information content (AvgIpc) is 3.04. The molecule has 25 heavy (non-hydrogen) atoms. The highest BCUT2D eigenvalue weighted by molar-refractivity contribution is 5.93. The van der Waals surface area contributed by atoms with E-state index < -0.39 is 0 Å². The van der Waals surface area contributed by atoms with E-state index in [-0.39, 0.29) is 11.9 Å². The first-order valence-electron chi connectivity index (χ1n) is 8.28. The Morgan fingerprint density at radius 1 is 1.04 bits per heavy atom. The minimum atomic E-state index is -0.361. The zero-order valence-corrected chi connectivity index (χ0v) is 14.1. The Morgan fingerprint density at radius 3 is 2.56 bits per heavy atom. The van der Waals surface area contributed by atoms with Gasteiger partial charge < -0.3 is 14.6 Å². The van der Waals surface area contributed by atoms with Crippen molar-refractivity contribution < 1.29 is 14.3 Å². The van der Waals surface area contributed by atoms with Gasteiger partial charge in [0.15, 0.2) is 0 Å². The molecule has 0 unspecified atom stereocenters. The average molecular weight is 336 g/mol. The van der Waals surface area contributed by atoms with E-state index in [9.17, 15) is 9.59 Å². The van der Waals surface area contributed by atoms with Crippen LogP contribution in [0.4, 0.5) is 5.69 Å². The van der Waals surface area contributed by atoms with Crippen LogP contribution in [0.15, 0.2) is 60.8 Å². The van der Waals surface area contributed by atoms with Crippen molar-refractivity contribution >= 4 is 28.5 Å². The molecule has 0 atom stereocenters. The molecule has 1 heterocycles. The summed E-state index contributed by atoms with van der Waals surface area (Å²) < 4.78 is 7.00. The second-order valence-corrected chi connectivity index (χ2v) is 5.66. The molecule has 0 bridgehead atoms. The minimum absolute atomic E-state index is 0.0679. The highest BCUT2D eigenvalue weighted by Gasteiger charge is 2.08. The van der Waals surface area contributed by atoms with Gasteiger partial charge in [-0.2, -0.15) is 0 Å². The lowest BCUT2D eigenvalue weighted by Gasteiger charge is -2.08. The first kappa shape index (κ1) is 16.8. The van der Waals surface area contributed by atoms with Gasteiger partial charge in [0.2, 0.25) is 5.91 Å². The highest BCUT2D eigenvalue weighted by atomic mass is 16.5. The molecular weight excluding hydrogens is 316 g/mol. The number of carbonyl (C=O) groups is 2. The Bertz CT molecular complexity index is 881. The second-order valence-electron chi connectivity index (χ2n) is 5.66. The first-order chi connectivity index (χ1) is 12.2. The molecule has 1 amide bonds. The third kappa shape index (κ3) is 4.07. The summed E-state index contributed by atoms with van der Waals surface area (Å²) in [7, 11) is 0. The van der Waals surface area contributed by atoms with E-state index in [0.29, 0.717) is 30.8 Å². The summed E-state index contributed by atoms with van der Waals surface area (Å²) in [4.78, 5) is 23.8. The number of para-hydroxylation sites is 1. The van der Waals surface area contributed by atoms with Crippen LogP contribution in [0.25, 0.3) is 10.9 Å². The smallest absolute Gasteiger partial charge is 0.338 e. The number of benzene rings is 2. The van der Waals surface area contributed by atoms with Crippen LogP contribution in [0.5, 0.6) is 0 Å². The molecule has 2 aromatic carbocycles. The number of esters is 1. The molecule has 128 valence electrons. The molecule has 0 spiro atoms. The second kappa shape index (κ2) is 7.66. The molecule has 1 N–H and O–H groups in total. The molecular formula is C20H20N2O3. The number of hydrogen-bond acceptors (Lipinski definition) is 3. The van der Waals surface area contributed by atoms with Gasteiger partial charge in [0.05, 0.1) is 12.2 Å². The SMILES string of the molecule is CCOC(=O)c1ccc(NC(=O)CCn2ccc3ccccc32)cc1. The lowest BCUT2D eigenvalue weighted by molar-refractivity contribution is -0.116. The minimum Gasteiger partial charge on any atom is -0.462 e. The standard InChI is InChI=1S/C20H20N2O3/c1-2-25-20(24)16-7-9-17(10-8-16)21-19(23)12-14-22-13-11-15-5-3-4-6-18(15)22/h3-11,13H,2,12,14H2,1H3,(H,21,23). The Morgan fingerprint density at radius 2 is 1.80 bits per heavy atom. The predicted octanol–water partition coefficient (Wildman–Crippen LogP) is 3.85. The summed E-state index contributed by atoms with van der Waals surface area (Å²) in [6, 6.07) is 16.8. The third-order valence-corrected chi connectivity index (χ3v) is 3.94. The normalized spacial score (nSPS) is 10.6. The summed E-state index contributed by atoms with van der Waals surface area (Å²) in [5.74, 6) is -0.429. The molecule has 0 aliphatic heterocycles. The quantitative estimate of drug-likeness (QED) is 0.696. The molecule has 3 rings (SSSR count). The zero-order valence-electron chi connectivity index (χ0n) is 14.1. The molecule has 0 aliphatic carbocycles. The molecule has 5 heteroatoms. The largest absolute Gasteiger partial charge is 0.462 e. The Hall–Kier alpha value is -3.08. The van der Waals surface area contributed by atoms with Gasteiger partial charge in [-0.1, -0.05) is 18.2 Å². The van der Waals surface area contributed by atoms with E-state index in [1.165, 1.54) is 0 Å². The van der Waals surface area contributed by atoms with Crippen LogP contribution in [0.3, 0.4) is 0 Å². The van der Waals surface area contributed by atoms with Crippen LogP contribution in [0.2, 0.25) is 0 Å². The number of rotatable bonds is 6. The van der Waals surface area contributed by atoms with Gasteiger partial charge in [-0.3, -0.25) is 4.79 Å². The number of aryl methyl sites for hydroxylation is 1. The molecule has 0 saturated carbocycles. The van der Waals surface area contributed by atoms with Crippen molar-refractivity contribution in [3.8, 4) is 0 Å². The van der Waals surface area contributed by atoms with Crippen molar-refractivity contribution in [3.63, 3.8) is 0 Å². The fraction of sp³-hybridized carbons (Fsp3) is 0.200. The van der Waals surface area contributed by atoms with Gasteiger partial charge in [-0.15, -0.1) is 0 Å². The van der Waals surface area contributed by atoms with Crippen LogP contribution in [0, 0.1) is 0 Å². The predicted molar refractivity (Wildman–Crippen MR) is 97.6 cm³/mol. The van der Waals surface area contributed by atoms with Crippen molar-refractivity contribution in [1.29, 1.82) is 0 Å². The molecule has 3 aromatic rings. The molecule has 0 saturated heterocycles. The van der Waals surface area contributed by atoms with Crippen molar-refractivity contribution in [3.05, 3.63) is 66.4 Å². The van der Waals surface area contributed by atoms with E-state index >= 15 is 0 Å².